The van der Waals surface area contributed by atoms with Gasteiger partial charge in [-0.15, -0.1) is 0 Å². The SMILES string of the molecule is O=S(=O)(Cc1noc2ccccc12)NCc1ccc(F)cc1F. The summed E-state index contributed by atoms with van der Waals surface area (Å²) >= 11 is 0. The molecule has 23 heavy (non-hydrogen) atoms. The maximum Gasteiger partial charge on any atom is 0.217 e. The van der Waals surface area contributed by atoms with E-state index in [9.17, 15) is 17.2 Å². The van der Waals surface area contributed by atoms with Crippen LogP contribution in [0.2, 0.25) is 0 Å². The molecule has 0 aliphatic heterocycles. The summed E-state index contributed by atoms with van der Waals surface area (Å²) in [7, 11) is -3.75. The number of nitrogens with one attached hydrogen (secondary N) is 1. The van der Waals surface area contributed by atoms with E-state index < -0.39 is 27.4 Å². The number of fused-ring (bicyclic) bond motifs is 1. The highest BCUT2D eigenvalue weighted by atomic mass is 32.2. The van der Waals surface area contributed by atoms with Gasteiger partial charge in [0, 0.05) is 23.6 Å². The summed E-state index contributed by atoms with van der Waals surface area (Å²) in [4.78, 5) is 0. The molecule has 0 saturated carbocycles. The monoisotopic (exact) mass is 338 g/mol. The highest BCUT2D eigenvalue weighted by Crippen LogP contribution is 2.19. The molecule has 0 aliphatic rings. The molecule has 0 unspecified atom stereocenters. The number of hydrogen-bond acceptors (Lipinski definition) is 4. The van der Waals surface area contributed by atoms with Crippen molar-refractivity contribution in [3.63, 3.8) is 0 Å². The van der Waals surface area contributed by atoms with Gasteiger partial charge in [0.15, 0.2) is 5.58 Å². The van der Waals surface area contributed by atoms with Gasteiger partial charge in [-0.3, -0.25) is 0 Å². The van der Waals surface area contributed by atoms with Crippen molar-refractivity contribution in [3.8, 4) is 0 Å². The summed E-state index contributed by atoms with van der Waals surface area (Å²) in [5, 5.41) is 4.35. The molecule has 120 valence electrons. The van der Waals surface area contributed by atoms with Crippen LogP contribution >= 0.6 is 0 Å². The molecule has 1 N–H and O–H groups in total. The zero-order chi connectivity index (χ0) is 16.4. The lowest BCUT2D eigenvalue weighted by Gasteiger charge is -2.06. The van der Waals surface area contributed by atoms with Gasteiger partial charge in [-0.1, -0.05) is 23.4 Å². The average Bonchev–Trinajstić information content (AvgIpc) is 2.89. The molecule has 1 aromatic heterocycles. The van der Waals surface area contributed by atoms with Gasteiger partial charge >= 0.3 is 0 Å². The smallest absolute Gasteiger partial charge is 0.217 e. The van der Waals surface area contributed by atoms with Crippen LogP contribution in [0.25, 0.3) is 11.0 Å². The van der Waals surface area contributed by atoms with Crippen molar-refractivity contribution >= 4 is 21.0 Å². The Labute approximate surface area is 131 Å². The summed E-state index contributed by atoms with van der Waals surface area (Å²) in [5.41, 5.74) is 0.815. The Morgan fingerprint density at radius 1 is 1.13 bits per heavy atom. The summed E-state index contributed by atoms with van der Waals surface area (Å²) in [6, 6.07) is 9.85. The average molecular weight is 338 g/mol. The van der Waals surface area contributed by atoms with Crippen molar-refractivity contribution in [2.75, 3.05) is 0 Å². The minimum atomic E-state index is -3.75. The molecule has 5 nitrogen and oxygen atoms in total. The molecule has 0 radical (unpaired) electrons. The van der Waals surface area contributed by atoms with Crippen LogP contribution in [0.1, 0.15) is 11.3 Å². The van der Waals surface area contributed by atoms with Crippen LogP contribution in [0.15, 0.2) is 47.0 Å². The first-order valence-corrected chi connectivity index (χ1v) is 8.34. The third kappa shape index (κ3) is 3.54. The van der Waals surface area contributed by atoms with Gasteiger partial charge < -0.3 is 4.52 Å². The van der Waals surface area contributed by atoms with Gasteiger partial charge in [-0.25, -0.2) is 21.9 Å². The maximum atomic E-state index is 13.5. The molecule has 1 heterocycles. The third-order valence-corrected chi connectivity index (χ3v) is 4.51. The number of para-hydroxylation sites is 1. The second kappa shape index (κ2) is 6.05. The zero-order valence-corrected chi connectivity index (χ0v) is 12.6. The molecule has 0 saturated heterocycles. The molecule has 0 aliphatic carbocycles. The van der Waals surface area contributed by atoms with Crippen LogP contribution < -0.4 is 4.72 Å². The highest BCUT2D eigenvalue weighted by Gasteiger charge is 2.18. The van der Waals surface area contributed by atoms with Gasteiger partial charge in [0.2, 0.25) is 10.0 Å². The number of nitrogens with zero attached hydrogens (tertiary/aromatic N) is 1. The van der Waals surface area contributed by atoms with Gasteiger partial charge in [0.1, 0.15) is 23.1 Å². The molecular formula is C15H12F2N2O3S. The van der Waals surface area contributed by atoms with Crippen molar-refractivity contribution in [3.05, 3.63) is 65.4 Å². The molecule has 0 amide bonds. The fourth-order valence-corrected chi connectivity index (χ4v) is 3.17. The Morgan fingerprint density at radius 2 is 1.91 bits per heavy atom. The standard InChI is InChI=1S/C15H12F2N2O3S/c16-11-6-5-10(13(17)7-11)8-18-23(20,21)9-14-12-3-1-2-4-15(12)22-19-14/h1-7,18H,8-9H2. The summed E-state index contributed by atoms with van der Waals surface area (Å²) in [6.07, 6.45) is 0. The third-order valence-electron chi connectivity index (χ3n) is 3.28. The van der Waals surface area contributed by atoms with Crippen LogP contribution in [0, 0.1) is 11.6 Å². The number of halogens is 2. The Morgan fingerprint density at radius 3 is 2.70 bits per heavy atom. The number of benzene rings is 2. The Hall–Kier alpha value is -2.32. The Balaban J connectivity index is 1.74. The molecule has 0 spiro atoms. The number of aromatic nitrogens is 1. The molecule has 3 rings (SSSR count). The van der Waals surface area contributed by atoms with E-state index in [0.717, 1.165) is 6.07 Å². The van der Waals surface area contributed by atoms with E-state index >= 15 is 0 Å². The van der Waals surface area contributed by atoms with Crippen LogP contribution in [0.3, 0.4) is 0 Å². The van der Waals surface area contributed by atoms with Crippen LogP contribution in [0.4, 0.5) is 8.78 Å². The first-order chi connectivity index (χ1) is 10.9. The van der Waals surface area contributed by atoms with Crippen LogP contribution in [-0.2, 0) is 22.3 Å². The van der Waals surface area contributed by atoms with E-state index in [0.29, 0.717) is 17.0 Å². The maximum absolute atomic E-state index is 13.5. The van der Waals surface area contributed by atoms with Crippen molar-refractivity contribution < 1.29 is 21.7 Å². The van der Waals surface area contributed by atoms with Crippen molar-refractivity contribution in [2.24, 2.45) is 0 Å². The Bertz CT molecular complexity index is 954. The normalized spacial score (nSPS) is 11.9. The van der Waals surface area contributed by atoms with Gasteiger partial charge in [0.05, 0.1) is 0 Å². The first kappa shape index (κ1) is 15.6. The van der Waals surface area contributed by atoms with Gasteiger partial charge in [0.25, 0.3) is 0 Å². The number of rotatable bonds is 5. The predicted octanol–water partition coefficient (Wildman–Crippen LogP) is 2.73. The fraction of sp³-hybridized carbons (Fsp3) is 0.133. The summed E-state index contributed by atoms with van der Waals surface area (Å²) in [5.74, 6) is -1.92. The quantitative estimate of drug-likeness (QED) is 0.776. The van der Waals surface area contributed by atoms with Crippen molar-refractivity contribution in [1.82, 2.24) is 9.88 Å². The van der Waals surface area contributed by atoms with Crippen LogP contribution in [0.5, 0.6) is 0 Å². The van der Waals surface area contributed by atoms with Crippen molar-refractivity contribution in [2.45, 2.75) is 12.3 Å². The molecular weight excluding hydrogens is 326 g/mol. The molecule has 0 fully saturated rings. The highest BCUT2D eigenvalue weighted by molar-refractivity contribution is 7.88. The van der Waals surface area contributed by atoms with E-state index in [1.165, 1.54) is 6.07 Å². The van der Waals surface area contributed by atoms with Gasteiger partial charge in [-0.05, 0) is 18.2 Å². The van der Waals surface area contributed by atoms with Gasteiger partial charge in [-0.2, -0.15) is 0 Å². The molecule has 0 atom stereocenters. The minimum Gasteiger partial charge on any atom is -0.356 e. The lowest BCUT2D eigenvalue weighted by Crippen LogP contribution is -2.25. The van der Waals surface area contributed by atoms with E-state index in [4.69, 9.17) is 4.52 Å². The lowest BCUT2D eigenvalue weighted by molar-refractivity contribution is 0.448. The van der Waals surface area contributed by atoms with E-state index in [2.05, 4.69) is 9.88 Å². The molecule has 2 aromatic carbocycles. The number of sulfonamides is 1. The van der Waals surface area contributed by atoms with Crippen molar-refractivity contribution in [1.29, 1.82) is 0 Å². The summed E-state index contributed by atoms with van der Waals surface area (Å²) < 4.78 is 57.9. The molecule has 3 aromatic rings. The zero-order valence-electron chi connectivity index (χ0n) is 11.8. The van der Waals surface area contributed by atoms with E-state index in [1.54, 1.807) is 24.3 Å². The first-order valence-electron chi connectivity index (χ1n) is 6.69. The molecule has 0 bridgehead atoms. The van der Waals surface area contributed by atoms with E-state index in [1.807, 2.05) is 0 Å². The largest absolute Gasteiger partial charge is 0.356 e. The topological polar surface area (TPSA) is 72.2 Å². The number of hydrogen-bond donors (Lipinski definition) is 1. The second-order valence-electron chi connectivity index (χ2n) is 4.94. The van der Waals surface area contributed by atoms with E-state index in [-0.39, 0.29) is 17.8 Å². The fourth-order valence-electron chi connectivity index (χ4n) is 2.13. The molecule has 8 heteroatoms. The summed E-state index contributed by atoms with van der Waals surface area (Å²) in [6.45, 7) is -0.274. The second-order valence-corrected chi connectivity index (χ2v) is 6.75. The Kier molecular flexibility index (Phi) is 4.10. The minimum absolute atomic E-state index is 0.0555. The lowest BCUT2D eigenvalue weighted by atomic mass is 10.2. The predicted molar refractivity (Wildman–Crippen MR) is 79.8 cm³/mol. The van der Waals surface area contributed by atoms with Crippen LogP contribution in [-0.4, -0.2) is 13.6 Å².